The molecule has 28 heavy (non-hydrogen) atoms. The molecule has 0 aliphatic heterocycles. The van der Waals surface area contributed by atoms with E-state index in [1.807, 2.05) is 0 Å². The lowest BCUT2D eigenvalue weighted by Gasteiger charge is -2.04. The highest BCUT2D eigenvalue weighted by Gasteiger charge is 2.00. The Balaban J connectivity index is 0.000000145. The first kappa shape index (κ1) is 17.2. The van der Waals surface area contributed by atoms with Gasteiger partial charge in [-0.3, -0.25) is 0 Å². The molecule has 0 spiro atoms. The van der Waals surface area contributed by atoms with Gasteiger partial charge in [-0.2, -0.15) is 0 Å². The standard InChI is InChI=1S/C18H12.C8H6S2/c1-2-6-14-10-18-12-16-8-4-3-7-15(16)11-17(18)9-13(14)5-1;1-3-7(9-5-1)8-4-2-6-10-8/h1-12H;1-6H. The minimum absolute atomic E-state index is 1.31. The molecule has 0 radical (unpaired) electrons. The second kappa shape index (κ2) is 7.59. The molecular formula is C26H18S2. The van der Waals surface area contributed by atoms with E-state index in [-0.39, 0.29) is 0 Å². The van der Waals surface area contributed by atoms with Crippen LogP contribution in [0.4, 0.5) is 0 Å². The SMILES string of the molecule is c1ccc2cc3cc4ccccc4cc3cc2c1.c1csc(-c2cccs2)c1. The fourth-order valence-corrected chi connectivity index (χ4v) is 5.05. The molecule has 134 valence electrons. The summed E-state index contributed by atoms with van der Waals surface area (Å²) >= 11 is 3.58. The first-order valence-corrected chi connectivity index (χ1v) is 11.0. The van der Waals surface area contributed by atoms with Crippen LogP contribution in [0.5, 0.6) is 0 Å². The number of rotatable bonds is 1. The zero-order chi connectivity index (χ0) is 18.8. The van der Waals surface area contributed by atoms with Crippen LogP contribution in [0.3, 0.4) is 0 Å². The minimum atomic E-state index is 1.31. The van der Waals surface area contributed by atoms with Crippen molar-refractivity contribution in [2.45, 2.75) is 0 Å². The third kappa shape index (κ3) is 3.45. The van der Waals surface area contributed by atoms with E-state index in [1.165, 1.54) is 42.1 Å². The number of hydrogen-bond acceptors (Lipinski definition) is 2. The maximum absolute atomic E-state index is 2.27. The molecule has 0 N–H and O–H groups in total. The van der Waals surface area contributed by atoms with Crippen molar-refractivity contribution in [3.05, 3.63) is 108 Å². The average Bonchev–Trinajstić information content (AvgIpc) is 3.45. The normalized spacial score (nSPS) is 10.9. The second-order valence-electron chi connectivity index (χ2n) is 6.70. The highest BCUT2D eigenvalue weighted by atomic mass is 32.1. The maximum Gasteiger partial charge on any atom is 0.0442 e. The average molecular weight is 395 g/mol. The van der Waals surface area contributed by atoms with E-state index in [0.717, 1.165) is 0 Å². The van der Waals surface area contributed by atoms with Gasteiger partial charge in [-0.15, -0.1) is 22.7 Å². The van der Waals surface area contributed by atoms with E-state index in [9.17, 15) is 0 Å². The van der Waals surface area contributed by atoms with Gasteiger partial charge in [0.1, 0.15) is 0 Å². The van der Waals surface area contributed by atoms with Crippen LogP contribution in [-0.4, -0.2) is 0 Å². The van der Waals surface area contributed by atoms with Crippen molar-refractivity contribution in [1.29, 1.82) is 0 Å². The molecule has 6 aromatic rings. The number of fused-ring (bicyclic) bond motifs is 3. The Morgan fingerprint density at radius 3 is 1.00 bits per heavy atom. The summed E-state index contributed by atoms with van der Waals surface area (Å²) in [7, 11) is 0. The summed E-state index contributed by atoms with van der Waals surface area (Å²) in [4.78, 5) is 2.74. The summed E-state index contributed by atoms with van der Waals surface area (Å²) in [5.74, 6) is 0. The third-order valence-electron chi connectivity index (χ3n) is 4.85. The molecule has 0 saturated carbocycles. The van der Waals surface area contributed by atoms with Crippen molar-refractivity contribution in [2.75, 3.05) is 0 Å². The van der Waals surface area contributed by atoms with Crippen molar-refractivity contribution >= 4 is 55.0 Å². The predicted molar refractivity (Wildman–Crippen MR) is 127 cm³/mol. The Morgan fingerprint density at radius 1 is 0.357 bits per heavy atom. The summed E-state index contributed by atoms with van der Waals surface area (Å²) in [6.07, 6.45) is 0. The lowest BCUT2D eigenvalue weighted by Crippen LogP contribution is -1.78. The van der Waals surface area contributed by atoms with Gasteiger partial charge in [0.15, 0.2) is 0 Å². The first-order chi connectivity index (χ1) is 13.9. The van der Waals surface area contributed by atoms with E-state index >= 15 is 0 Å². The molecular weight excluding hydrogens is 376 g/mol. The molecule has 0 atom stereocenters. The number of benzene rings is 4. The molecule has 0 nitrogen and oxygen atoms in total. The van der Waals surface area contributed by atoms with Crippen LogP contribution in [0.25, 0.3) is 42.1 Å². The van der Waals surface area contributed by atoms with Crippen LogP contribution < -0.4 is 0 Å². The summed E-state index contributed by atoms with van der Waals surface area (Å²) in [6, 6.07) is 34.6. The molecule has 4 aromatic carbocycles. The summed E-state index contributed by atoms with van der Waals surface area (Å²) in [5, 5.41) is 12.1. The quantitative estimate of drug-likeness (QED) is 0.245. The summed E-state index contributed by atoms with van der Waals surface area (Å²) in [6.45, 7) is 0. The lowest BCUT2D eigenvalue weighted by molar-refractivity contribution is 1.77. The fourth-order valence-electron chi connectivity index (χ4n) is 3.47. The molecule has 2 aromatic heterocycles. The monoisotopic (exact) mass is 394 g/mol. The Morgan fingerprint density at radius 2 is 0.714 bits per heavy atom. The van der Waals surface area contributed by atoms with E-state index in [1.54, 1.807) is 22.7 Å². The third-order valence-corrected chi connectivity index (χ3v) is 6.79. The lowest BCUT2D eigenvalue weighted by atomic mass is 10.00. The van der Waals surface area contributed by atoms with Crippen LogP contribution >= 0.6 is 22.7 Å². The summed E-state index contributed by atoms with van der Waals surface area (Å²) < 4.78 is 0. The molecule has 0 unspecified atom stereocenters. The zero-order valence-corrected chi connectivity index (χ0v) is 16.8. The van der Waals surface area contributed by atoms with Crippen LogP contribution in [0, 0.1) is 0 Å². The predicted octanol–water partition coefficient (Wildman–Crippen LogP) is 8.62. The van der Waals surface area contributed by atoms with Gasteiger partial charge in [0.05, 0.1) is 0 Å². The molecule has 0 saturated heterocycles. The van der Waals surface area contributed by atoms with Crippen LogP contribution in [-0.2, 0) is 0 Å². The molecule has 0 bridgehead atoms. The molecule has 6 rings (SSSR count). The number of thiophene rings is 2. The van der Waals surface area contributed by atoms with E-state index < -0.39 is 0 Å². The van der Waals surface area contributed by atoms with Crippen molar-refractivity contribution in [1.82, 2.24) is 0 Å². The second-order valence-corrected chi connectivity index (χ2v) is 8.60. The van der Waals surface area contributed by atoms with Crippen molar-refractivity contribution in [3.63, 3.8) is 0 Å². The van der Waals surface area contributed by atoms with E-state index in [0.29, 0.717) is 0 Å². The van der Waals surface area contributed by atoms with Gasteiger partial charge in [0.25, 0.3) is 0 Å². The largest absolute Gasteiger partial charge is 0.143 e. The molecule has 0 aliphatic rings. The molecule has 0 aliphatic carbocycles. The topological polar surface area (TPSA) is 0 Å². The van der Waals surface area contributed by atoms with Crippen molar-refractivity contribution in [3.8, 4) is 9.75 Å². The number of hydrogen-bond donors (Lipinski definition) is 0. The van der Waals surface area contributed by atoms with Gasteiger partial charge >= 0.3 is 0 Å². The van der Waals surface area contributed by atoms with E-state index in [4.69, 9.17) is 0 Å². The molecule has 0 amide bonds. The van der Waals surface area contributed by atoms with Gasteiger partial charge in [0, 0.05) is 9.75 Å². The smallest absolute Gasteiger partial charge is 0.0442 e. The Labute approximate surface area is 172 Å². The Bertz CT molecular complexity index is 1170. The van der Waals surface area contributed by atoms with Gasteiger partial charge in [-0.05, 0) is 79.5 Å². The van der Waals surface area contributed by atoms with Crippen LogP contribution in [0.15, 0.2) is 108 Å². The molecule has 2 heteroatoms. The van der Waals surface area contributed by atoms with Crippen molar-refractivity contribution in [2.24, 2.45) is 0 Å². The maximum atomic E-state index is 2.27. The first-order valence-electron chi connectivity index (χ1n) is 9.25. The van der Waals surface area contributed by atoms with Crippen molar-refractivity contribution < 1.29 is 0 Å². The zero-order valence-electron chi connectivity index (χ0n) is 15.2. The minimum Gasteiger partial charge on any atom is -0.143 e. The summed E-state index contributed by atoms with van der Waals surface area (Å²) in [5.41, 5.74) is 0. The Kier molecular flexibility index (Phi) is 4.66. The molecule has 2 heterocycles. The van der Waals surface area contributed by atoms with Crippen LogP contribution in [0.1, 0.15) is 0 Å². The van der Waals surface area contributed by atoms with E-state index in [2.05, 4.69) is 108 Å². The highest BCUT2D eigenvalue weighted by molar-refractivity contribution is 7.20. The van der Waals surface area contributed by atoms with Crippen LogP contribution in [0.2, 0.25) is 0 Å². The van der Waals surface area contributed by atoms with Gasteiger partial charge in [0.2, 0.25) is 0 Å². The molecule has 0 fully saturated rings. The van der Waals surface area contributed by atoms with Gasteiger partial charge in [-0.1, -0.05) is 60.7 Å². The fraction of sp³-hybridized carbons (Fsp3) is 0. The highest BCUT2D eigenvalue weighted by Crippen LogP contribution is 2.28. The van der Waals surface area contributed by atoms with Gasteiger partial charge < -0.3 is 0 Å². The van der Waals surface area contributed by atoms with Gasteiger partial charge in [-0.25, -0.2) is 0 Å². The Hall–Kier alpha value is -2.94.